The Bertz CT molecular complexity index is 1160. The Kier molecular flexibility index (Phi) is 10.2. The number of ether oxygens (including phenoxy) is 1. The first kappa shape index (κ1) is 28.6. The zero-order valence-electron chi connectivity index (χ0n) is 22.3. The number of amides is 1. The molecule has 0 saturated heterocycles. The van der Waals surface area contributed by atoms with Gasteiger partial charge >= 0.3 is 0 Å². The van der Waals surface area contributed by atoms with E-state index in [2.05, 4.69) is 36.6 Å². The maximum atomic E-state index is 12.6. The molecule has 36 heavy (non-hydrogen) atoms. The first-order valence-electron chi connectivity index (χ1n) is 12.0. The van der Waals surface area contributed by atoms with Crippen molar-refractivity contribution in [1.29, 1.82) is 5.41 Å². The van der Waals surface area contributed by atoms with Gasteiger partial charge in [-0.3, -0.25) is 4.79 Å². The molecular weight excluding hydrogens is 453 g/mol. The minimum Gasteiger partial charge on any atom is -0.484 e. The number of anilines is 1. The van der Waals surface area contributed by atoms with E-state index < -0.39 is 5.41 Å². The van der Waals surface area contributed by atoms with Gasteiger partial charge in [0, 0.05) is 29.9 Å². The average Bonchev–Trinajstić information content (AvgIpc) is 2.84. The summed E-state index contributed by atoms with van der Waals surface area (Å²) in [4.78, 5) is 12.6. The molecule has 0 radical (unpaired) electrons. The van der Waals surface area contributed by atoms with Crippen LogP contribution in [0, 0.1) is 30.5 Å². The number of nitrogens with one attached hydrogen (secondary N) is 3. The van der Waals surface area contributed by atoms with Gasteiger partial charge in [0.2, 0.25) is 5.91 Å². The molecule has 0 saturated carbocycles. The summed E-state index contributed by atoms with van der Waals surface area (Å²) in [6, 6.07) is 19.5. The van der Waals surface area contributed by atoms with Crippen molar-refractivity contribution in [3.63, 3.8) is 0 Å². The summed E-state index contributed by atoms with van der Waals surface area (Å²) >= 11 is 0. The van der Waals surface area contributed by atoms with Crippen LogP contribution in [0.4, 0.5) is 10.1 Å². The van der Waals surface area contributed by atoms with Gasteiger partial charge in [-0.2, -0.15) is 0 Å². The zero-order chi connectivity index (χ0) is 26.9. The van der Waals surface area contributed by atoms with Crippen LogP contribution >= 0.6 is 0 Å². The van der Waals surface area contributed by atoms with Gasteiger partial charge < -0.3 is 20.8 Å². The normalized spacial score (nSPS) is 12.4. The molecule has 0 bridgehead atoms. The molecule has 3 rings (SSSR count). The number of benzene rings is 3. The van der Waals surface area contributed by atoms with Crippen LogP contribution in [-0.4, -0.2) is 25.2 Å². The summed E-state index contributed by atoms with van der Waals surface area (Å²) in [6.07, 6.45) is 0.939. The monoisotopic (exact) mass is 491 g/mol. The van der Waals surface area contributed by atoms with Crippen LogP contribution < -0.4 is 15.4 Å². The topological polar surface area (TPSA) is 74.2 Å². The summed E-state index contributed by atoms with van der Waals surface area (Å²) < 4.78 is 18.3. The molecule has 2 atom stereocenters. The van der Waals surface area contributed by atoms with E-state index in [1.165, 1.54) is 29.5 Å². The molecule has 5 nitrogen and oxygen atoms in total. The number of hydrogen-bond acceptors (Lipinski definition) is 4. The Morgan fingerprint density at radius 1 is 1.00 bits per heavy atom. The fourth-order valence-electron chi connectivity index (χ4n) is 3.42. The third-order valence-corrected chi connectivity index (χ3v) is 5.80. The van der Waals surface area contributed by atoms with E-state index in [-0.39, 0.29) is 23.9 Å². The lowest BCUT2D eigenvalue weighted by atomic mass is 9.93. The fraction of sp³-hybridized carbons (Fsp3) is 0.333. The number of aryl methyl sites for hydroxylation is 2. The maximum Gasteiger partial charge on any atom is 0.225 e. The minimum absolute atomic E-state index is 0.0202. The molecule has 3 N–H and O–H groups in total. The highest BCUT2D eigenvalue weighted by molar-refractivity contribution is 5.86. The molecule has 3 aromatic carbocycles. The molecule has 0 aromatic heterocycles. The summed E-state index contributed by atoms with van der Waals surface area (Å²) in [5.74, 6) is 0.457. The Morgan fingerprint density at radius 3 is 2.17 bits per heavy atom. The van der Waals surface area contributed by atoms with Gasteiger partial charge in [-0.25, -0.2) is 4.39 Å². The summed E-state index contributed by atoms with van der Waals surface area (Å²) in [5.41, 5.74) is 4.52. The van der Waals surface area contributed by atoms with Gasteiger partial charge in [0.05, 0.1) is 6.04 Å². The Hall–Kier alpha value is -3.67. The number of carbonyl (C=O) groups excluding carboxylic acids is 1. The molecule has 192 valence electrons. The average molecular weight is 492 g/mol. The number of rotatable bonds is 7. The van der Waals surface area contributed by atoms with Crippen LogP contribution in [-0.2, 0) is 4.79 Å². The quantitative estimate of drug-likeness (QED) is 0.317. The molecule has 1 amide bonds. The van der Waals surface area contributed by atoms with Crippen molar-refractivity contribution in [1.82, 2.24) is 5.32 Å². The van der Waals surface area contributed by atoms with E-state index in [1.807, 2.05) is 59.0 Å². The maximum absolute atomic E-state index is 12.6. The van der Waals surface area contributed by atoms with E-state index in [0.717, 1.165) is 16.8 Å². The summed E-state index contributed by atoms with van der Waals surface area (Å²) in [7, 11) is 1.82. The van der Waals surface area contributed by atoms with E-state index in [1.54, 1.807) is 18.2 Å². The van der Waals surface area contributed by atoms with Crippen molar-refractivity contribution >= 4 is 17.8 Å². The largest absolute Gasteiger partial charge is 0.484 e. The third-order valence-electron chi connectivity index (χ3n) is 5.80. The second-order valence-corrected chi connectivity index (χ2v) is 9.83. The molecule has 3 aromatic rings. The summed E-state index contributed by atoms with van der Waals surface area (Å²) in [5, 5.41) is 13.8. The zero-order valence-corrected chi connectivity index (χ0v) is 22.3. The SMILES string of the molecule is CNc1ccc(O[C@H](c2ccc(C)c(C)c2)C(C)NC(=O)C(C)(C)C)cc1C=N.Fc1ccccc1. The van der Waals surface area contributed by atoms with E-state index >= 15 is 0 Å². The van der Waals surface area contributed by atoms with E-state index in [0.29, 0.717) is 5.75 Å². The van der Waals surface area contributed by atoms with Gasteiger partial charge in [0.1, 0.15) is 17.7 Å². The smallest absolute Gasteiger partial charge is 0.225 e. The number of halogens is 1. The van der Waals surface area contributed by atoms with Gasteiger partial charge in [0.25, 0.3) is 0 Å². The van der Waals surface area contributed by atoms with Crippen molar-refractivity contribution < 1.29 is 13.9 Å². The van der Waals surface area contributed by atoms with Crippen LogP contribution in [0.5, 0.6) is 5.75 Å². The molecule has 0 aliphatic carbocycles. The van der Waals surface area contributed by atoms with Crippen LogP contribution in [0.1, 0.15) is 56.1 Å². The fourth-order valence-corrected chi connectivity index (χ4v) is 3.42. The van der Waals surface area contributed by atoms with E-state index in [9.17, 15) is 9.18 Å². The molecular formula is C30H38FN3O2. The lowest BCUT2D eigenvalue weighted by molar-refractivity contribution is -0.129. The molecule has 0 heterocycles. The third kappa shape index (κ3) is 8.22. The van der Waals surface area contributed by atoms with E-state index in [4.69, 9.17) is 10.1 Å². The van der Waals surface area contributed by atoms with Gasteiger partial charge in [0.15, 0.2) is 0 Å². The molecule has 0 aliphatic rings. The molecule has 6 heteroatoms. The van der Waals surface area contributed by atoms with Crippen molar-refractivity contribution in [2.45, 2.75) is 53.7 Å². The first-order valence-corrected chi connectivity index (χ1v) is 12.0. The lowest BCUT2D eigenvalue weighted by Gasteiger charge is -2.29. The highest BCUT2D eigenvalue weighted by Gasteiger charge is 2.28. The number of carbonyl (C=O) groups is 1. The lowest BCUT2D eigenvalue weighted by Crippen LogP contribution is -2.44. The molecule has 1 unspecified atom stereocenters. The molecule has 0 fully saturated rings. The standard InChI is InChI=1S/C24H33N3O2.C6H5F/c1-15-8-9-18(12-16(15)2)22(17(3)27-23(28)24(4,5)6)29-20-10-11-21(26-7)19(13-20)14-25;7-6-4-2-1-3-5-6/h8-14,17,22,25-26H,1-7H3,(H,27,28);1-5H/t17?,22-;/m0./s1. The van der Waals surface area contributed by atoms with Crippen molar-refractivity contribution in [3.8, 4) is 5.75 Å². The molecule has 0 aliphatic heterocycles. The predicted octanol–water partition coefficient (Wildman–Crippen LogP) is 6.84. The van der Waals surface area contributed by atoms with Crippen molar-refractivity contribution in [2.75, 3.05) is 12.4 Å². The van der Waals surface area contributed by atoms with Crippen molar-refractivity contribution in [2.24, 2.45) is 5.41 Å². The van der Waals surface area contributed by atoms with Crippen LogP contribution in [0.15, 0.2) is 66.7 Å². The van der Waals surface area contributed by atoms with Gasteiger partial charge in [-0.05, 0) is 67.8 Å². The van der Waals surface area contributed by atoms with Gasteiger partial charge in [-0.1, -0.05) is 57.2 Å². The number of hydrogen-bond donors (Lipinski definition) is 3. The summed E-state index contributed by atoms with van der Waals surface area (Å²) in [6.45, 7) is 11.8. The molecule has 0 spiro atoms. The second-order valence-electron chi connectivity index (χ2n) is 9.83. The minimum atomic E-state index is -0.482. The predicted molar refractivity (Wildman–Crippen MR) is 147 cm³/mol. The van der Waals surface area contributed by atoms with Crippen LogP contribution in [0.2, 0.25) is 0 Å². The van der Waals surface area contributed by atoms with Gasteiger partial charge in [-0.15, -0.1) is 0 Å². The second kappa shape index (κ2) is 12.9. The Morgan fingerprint density at radius 2 is 1.67 bits per heavy atom. The Balaban J connectivity index is 0.000000558. The highest BCUT2D eigenvalue weighted by Crippen LogP contribution is 2.29. The van der Waals surface area contributed by atoms with Crippen LogP contribution in [0.25, 0.3) is 0 Å². The highest BCUT2D eigenvalue weighted by atomic mass is 19.1. The van der Waals surface area contributed by atoms with Crippen LogP contribution in [0.3, 0.4) is 0 Å². The first-order chi connectivity index (χ1) is 17.0. The Labute approximate surface area is 214 Å². The van der Waals surface area contributed by atoms with Crippen molar-refractivity contribution in [3.05, 3.63) is 94.8 Å².